The van der Waals surface area contributed by atoms with Gasteiger partial charge in [-0.2, -0.15) is 24.3 Å². The summed E-state index contributed by atoms with van der Waals surface area (Å²) >= 11 is 1.67. The van der Waals surface area contributed by atoms with E-state index < -0.39 is 16.5 Å². The molecule has 2 fully saturated rings. The van der Waals surface area contributed by atoms with E-state index in [1.807, 2.05) is 9.80 Å². The number of halogens is 3. The number of hydroxylamine groups is 2. The fourth-order valence-corrected chi connectivity index (χ4v) is 4.71. The molecule has 3 heterocycles. The Hall–Kier alpha value is -1.58. The molecule has 0 radical (unpaired) electrons. The summed E-state index contributed by atoms with van der Waals surface area (Å²) < 4.78 is 37.1. The SMILES string of the molecule is N#CC1CSCN1CC[N+](N)([O-])C1CCN(c2ccc(C(F)(F)F)cn2)CC1. The van der Waals surface area contributed by atoms with Crippen LogP contribution in [-0.4, -0.2) is 64.5 Å². The number of hydrogen-bond acceptors (Lipinski definition) is 7. The number of hydrogen-bond donors (Lipinski definition) is 1. The molecule has 2 N–H and O–H groups in total. The van der Waals surface area contributed by atoms with Crippen molar-refractivity contribution in [2.45, 2.75) is 31.1 Å². The number of nitrogens with zero attached hydrogens (tertiary/aromatic N) is 5. The van der Waals surface area contributed by atoms with Gasteiger partial charge in [0.25, 0.3) is 0 Å². The van der Waals surface area contributed by atoms with Crippen LogP contribution < -0.4 is 10.7 Å². The molecule has 0 bridgehead atoms. The van der Waals surface area contributed by atoms with Gasteiger partial charge in [-0.1, -0.05) is 0 Å². The van der Waals surface area contributed by atoms with Crippen molar-refractivity contribution in [3.63, 3.8) is 0 Å². The maximum atomic E-state index is 12.8. The average Bonchev–Trinajstić information content (AvgIpc) is 3.14. The van der Waals surface area contributed by atoms with Gasteiger partial charge in [0.15, 0.2) is 0 Å². The summed E-state index contributed by atoms with van der Waals surface area (Å²) in [6.07, 6.45) is -2.49. The van der Waals surface area contributed by atoms with Gasteiger partial charge < -0.3 is 10.1 Å². The van der Waals surface area contributed by atoms with Gasteiger partial charge in [-0.3, -0.25) is 9.66 Å². The first kappa shape index (κ1) is 21.1. The number of rotatable bonds is 5. The predicted molar refractivity (Wildman–Crippen MR) is 101 cm³/mol. The quantitative estimate of drug-likeness (QED) is 0.447. The fourth-order valence-electron chi connectivity index (χ4n) is 3.56. The average molecular weight is 416 g/mol. The zero-order valence-corrected chi connectivity index (χ0v) is 16.1. The number of thioether (sulfide) groups is 1. The third-order valence-electron chi connectivity index (χ3n) is 5.34. The lowest BCUT2D eigenvalue weighted by Crippen LogP contribution is -2.61. The van der Waals surface area contributed by atoms with E-state index in [1.165, 1.54) is 6.07 Å². The van der Waals surface area contributed by atoms with Crippen LogP contribution in [0.15, 0.2) is 18.3 Å². The second-order valence-corrected chi connectivity index (χ2v) is 8.16. The van der Waals surface area contributed by atoms with E-state index in [-0.39, 0.29) is 18.6 Å². The number of piperidine rings is 1. The molecule has 2 aliphatic heterocycles. The van der Waals surface area contributed by atoms with Gasteiger partial charge in [-0.05, 0) is 12.1 Å². The maximum Gasteiger partial charge on any atom is 0.417 e. The Kier molecular flexibility index (Phi) is 6.36. The van der Waals surface area contributed by atoms with E-state index >= 15 is 0 Å². The second kappa shape index (κ2) is 8.42. The number of aromatic nitrogens is 1. The lowest BCUT2D eigenvalue weighted by atomic mass is 10.0. The molecule has 11 heteroatoms. The van der Waals surface area contributed by atoms with Crippen molar-refractivity contribution in [2.75, 3.05) is 42.7 Å². The van der Waals surface area contributed by atoms with Crippen LogP contribution in [0, 0.1) is 16.5 Å². The minimum atomic E-state index is -4.41. The summed E-state index contributed by atoms with van der Waals surface area (Å²) in [6, 6.07) is 4.17. The highest BCUT2D eigenvalue weighted by Gasteiger charge is 2.34. The molecule has 0 saturated carbocycles. The standard InChI is InChI=1S/C17H23F3N6OS/c18-17(19,20)13-1-2-16(23-10-13)24-5-3-15(4-6-24)26(22,27)8-7-25-12-28-11-14(25)9-21/h1-2,10,14-15H,3-8,11-12,22H2. The van der Waals surface area contributed by atoms with Crippen LogP contribution in [0.3, 0.4) is 0 Å². The van der Waals surface area contributed by atoms with E-state index in [0.29, 0.717) is 38.3 Å². The van der Waals surface area contributed by atoms with Crippen LogP contribution in [-0.2, 0) is 6.18 Å². The van der Waals surface area contributed by atoms with Crippen molar-refractivity contribution in [1.82, 2.24) is 9.88 Å². The highest BCUT2D eigenvalue weighted by Crippen LogP contribution is 2.30. The van der Waals surface area contributed by atoms with Crippen molar-refractivity contribution in [2.24, 2.45) is 5.84 Å². The Labute approximate surface area is 166 Å². The highest BCUT2D eigenvalue weighted by atomic mass is 32.2. The van der Waals surface area contributed by atoms with Gasteiger partial charge in [0.05, 0.1) is 18.2 Å². The zero-order chi connectivity index (χ0) is 20.4. The van der Waals surface area contributed by atoms with Crippen LogP contribution in [0.2, 0.25) is 0 Å². The minimum absolute atomic E-state index is 0.169. The molecule has 1 aromatic rings. The monoisotopic (exact) mass is 416 g/mol. The van der Waals surface area contributed by atoms with Crippen molar-refractivity contribution < 1.29 is 17.9 Å². The Morgan fingerprint density at radius 2 is 2.07 bits per heavy atom. The molecule has 1 aromatic heterocycles. The van der Waals surface area contributed by atoms with E-state index in [4.69, 9.17) is 11.1 Å². The number of anilines is 1. The van der Waals surface area contributed by atoms with Crippen LogP contribution >= 0.6 is 11.8 Å². The molecule has 28 heavy (non-hydrogen) atoms. The first-order valence-electron chi connectivity index (χ1n) is 9.07. The summed E-state index contributed by atoms with van der Waals surface area (Å²) in [4.78, 5) is 7.76. The van der Waals surface area contributed by atoms with Gasteiger partial charge >= 0.3 is 6.18 Å². The third-order valence-corrected chi connectivity index (χ3v) is 6.41. The lowest BCUT2D eigenvalue weighted by molar-refractivity contribution is -0.917. The molecule has 0 aliphatic carbocycles. The molecule has 154 valence electrons. The number of quaternary nitrogens is 1. The maximum absolute atomic E-state index is 12.8. The summed E-state index contributed by atoms with van der Waals surface area (Å²) in [5.41, 5.74) is -0.779. The molecule has 2 aliphatic rings. The first-order valence-corrected chi connectivity index (χ1v) is 10.2. The van der Waals surface area contributed by atoms with Crippen LogP contribution in [0.4, 0.5) is 19.0 Å². The largest absolute Gasteiger partial charge is 0.611 e. The molecule has 2 atom stereocenters. The van der Waals surface area contributed by atoms with Crippen LogP contribution in [0.25, 0.3) is 0 Å². The summed E-state index contributed by atoms with van der Waals surface area (Å²) in [5.74, 6) is 7.97. The third kappa shape index (κ3) is 4.87. The van der Waals surface area contributed by atoms with Crippen LogP contribution in [0.1, 0.15) is 18.4 Å². The summed E-state index contributed by atoms with van der Waals surface area (Å²) in [5, 5.41) is 22.0. The number of nitrogens with two attached hydrogens (primary N) is 1. The zero-order valence-electron chi connectivity index (χ0n) is 15.3. The Morgan fingerprint density at radius 1 is 1.36 bits per heavy atom. The Balaban J connectivity index is 1.52. The molecule has 2 saturated heterocycles. The van der Waals surface area contributed by atoms with E-state index in [9.17, 15) is 18.4 Å². The van der Waals surface area contributed by atoms with E-state index in [1.54, 1.807) is 11.8 Å². The normalized spacial score (nSPS) is 24.1. The molecule has 3 rings (SSSR count). The molecule has 0 aromatic carbocycles. The topological polar surface area (TPSA) is 92.2 Å². The second-order valence-electron chi connectivity index (χ2n) is 7.16. The number of pyridine rings is 1. The Morgan fingerprint density at radius 3 is 2.64 bits per heavy atom. The minimum Gasteiger partial charge on any atom is -0.611 e. The highest BCUT2D eigenvalue weighted by molar-refractivity contribution is 7.99. The Bertz CT molecular complexity index is 700. The molecule has 0 spiro atoms. The fraction of sp³-hybridized carbons (Fsp3) is 0.647. The number of nitriles is 1. The molecule has 2 unspecified atom stereocenters. The lowest BCUT2D eigenvalue weighted by Gasteiger charge is -2.47. The van der Waals surface area contributed by atoms with Crippen molar-refractivity contribution in [1.29, 1.82) is 5.26 Å². The summed E-state index contributed by atoms with van der Waals surface area (Å²) in [6.45, 7) is 1.72. The van der Waals surface area contributed by atoms with Crippen molar-refractivity contribution in [3.05, 3.63) is 29.1 Å². The molecular weight excluding hydrogens is 393 g/mol. The van der Waals surface area contributed by atoms with Gasteiger partial charge in [-0.25, -0.2) is 4.98 Å². The molecule has 0 amide bonds. The molecule has 7 nitrogen and oxygen atoms in total. The summed E-state index contributed by atoms with van der Waals surface area (Å²) in [7, 11) is 0. The van der Waals surface area contributed by atoms with Crippen molar-refractivity contribution >= 4 is 17.6 Å². The predicted octanol–water partition coefficient (Wildman–Crippen LogP) is 2.16. The van der Waals surface area contributed by atoms with Crippen molar-refractivity contribution in [3.8, 4) is 6.07 Å². The number of alkyl halides is 3. The van der Waals surface area contributed by atoms with Gasteiger partial charge in [-0.15, -0.1) is 11.8 Å². The van der Waals surface area contributed by atoms with E-state index in [2.05, 4.69) is 11.1 Å². The van der Waals surface area contributed by atoms with Gasteiger partial charge in [0.1, 0.15) is 24.4 Å². The first-order chi connectivity index (χ1) is 13.2. The van der Waals surface area contributed by atoms with Gasteiger partial charge in [0.2, 0.25) is 0 Å². The van der Waals surface area contributed by atoms with E-state index in [0.717, 1.165) is 23.9 Å². The van der Waals surface area contributed by atoms with Crippen LogP contribution in [0.5, 0.6) is 0 Å². The van der Waals surface area contributed by atoms with Gasteiger partial charge in [0, 0.05) is 43.8 Å². The smallest absolute Gasteiger partial charge is 0.417 e. The molecular formula is C17H23F3N6OS.